The summed E-state index contributed by atoms with van der Waals surface area (Å²) in [7, 11) is 0. The van der Waals surface area contributed by atoms with Crippen LogP contribution in [-0.4, -0.2) is 36.2 Å². The summed E-state index contributed by atoms with van der Waals surface area (Å²) in [6, 6.07) is 0. The minimum atomic E-state index is -0.922. The van der Waals surface area contributed by atoms with Crippen molar-refractivity contribution in [3.8, 4) is 0 Å². The van der Waals surface area contributed by atoms with E-state index in [4.69, 9.17) is 9.84 Å². The average molecular weight is 203 g/mol. The van der Waals surface area contributed by atoms with Crippen molar-refractivity contribution >= 4 is 11.9 Å². The normalized spacial score (nSPS) is 14.5. The summed E-state index contributed by atoms with van der Waals surface area (Å²) in [6.45, 7) is 5.55. The van der Waals surface area contributed by atoms with Crippen molar-refractivity contribution in [2.45, 2.75) is 26.9 Å². The van der Waals surface area contributed by atoms with Crippen LogP contribution in [0.4, 0.5) is 0 Å². The number of hydrogen-bond acceptors (Lipinski definition) is 3. The van der Waals surface area contributed by atoms with Crippen LogP contribution in [0.1, 0.15) is 20.8 Å². The highest BCUT2D eigenvalue weighted by atomic mass is 16.5. The van der Waals surface area contributed by atoms with E-state index >= 15 is 0 Å². The second-order valence-corrected chi connectivity index (χ2v) is 3.08. The van der Waals surface area contributed by atoms with Gasteiger partial charge in [0.05, 0.1) is 5.92 Å². The fourth-order valence-electron chi connectivity index (χ4n) is 0.810. The average Bonchev–Trinajstić information content (AvgIpc) is 2.13. The Labute approximate surface area is 83.4 Å². The highest BCUT2D eigenvalue weighted by molar-refractivity contribution is 5.81. The molecule has 0 saturated heterocycles. The van der Waals surface area contributed by atoms with Crippen LogP contribution in [0.15, 0.2) is 0 Å². The van der Waals surface area contributed by atoms with Crippen molar-refractivity contribution in [3.05, 3.63) is 0 Å². The Morgan fingerprint density at radius 2 is 2.00 bits per heavy atom. The number of rotatable bonds is 6. The van der Waals surface area contributed by atoms with Gasteiger partial charge < -0.3 is 15.2 Å². The maximum absolute atomic E-state index is 11.2. The van der Waals surface area contributed by atoms with Crippen LogP contribution in [0.3, 0.4) is 0 Å². The van der Waals surface area contributed by atoms with E-state index in [-0.39, 0.29) is 12.5 Å². The van der Waals surface area contributed by atoms with Gasteiger partial charge in [-0.15, -0.1) is 0 Å². The van der Waals surface area contributed by atoms with Gasteiger partial charge >= 0.3 is 5.97 Å². The monoisotopic (exact) mass is 203 g/mol. The number of carboxylic acid groups (broad SMARTS) is 1. The molecular weight excluding hydrogens is 186 g/mol. The molecule has 2 atom stereocenters. The fourth-order valence-corrected chi connectivity index (χ4v) is 0.810. The maximum atomic E-state index is 11.2. The summed E-state index contributed by atoms with van der Waals surface area (Å²) in [5, 5.41) is 11.1. The third kappa shape index (κ3) is 4.81. The molecule has 5 nitrogen and oxygen atoms in total. The molecule has 0 aromatic heterocycles. The lowest BCUT2D eigenvalue weighted by molar-refractivity contribution is -0.141. The van der Waals surface area contributed by atoms with Crippen molar-refractivity contribution < 1.29 is 19.4 Å². The van der Waals surface area contributed by atoms with E-state index in [0.29, 0.717) is 6.61 Å². The predicted octanol–water partition coefficient (Wildman–Crippen LogP) is 0.248. The predicted molar refractivity (Wildman–Crippen MR) is 50.9 cm³/mol. The van der Waals surface area contributed by atoms with E-state index in [1.54, 1.807) is 13.8 Å². The summed E-state index contributed by atoms with van der Waals surface area (Å²) >= 11 is 0. The van der Waals surface area contributed by atoms with E-state index in [2.05, 4.69) is 5.32 Å². The van der Waals surface area contributed by atoms with Crippen molar-refractivity contribution in [1.29, 1.82) is 0 Å². The minimum Gasteiger partial charge on any atom is -0.481 e. The largest absolute Gasteiger partial charge is 0.481 e. The second-order valence-electron chi connectivity index (χ2n) is 3.08. The van der Waals surface area contributed by atoms with Gasteiger partial charge in [-0.3, -0.25) is 9.59 Å². The van der Waals surface area contributed by atoms with Gasteiger partial charge in [0.2, 0.25) is 5.91 Å². The molecule has 82 valence electrons. The molecule has 14 heavy (non-hydrogen) atoms. The lowest BCUT2D eigenvalue weighted by Gasteiger charge is -2.13. The molecule has 0 aliphatic carbocycles. The zero-order valence-corrected chi connectivity index (χ0v) is 8.74. The van der Waals surface area contributed by atoms with Crippen LogP contribution in [0, 0.1) is 5.92 Å². The van der Waals surface area contributed by atoms with Gasteiger partial charge in [-0.05, 0) is 13.8 Å². The van der Waals surface area contributed by atoms with Crippen molar-refractivity contribution in [2.75, 3.05) is 13.2 Å². The van der Waals surface area contributed by atoms with Crippen LogP contribution in [-0.2, 0) is 14.3 Å². The van der Waals surface area contributed by atoms with Crippen LogP contribution < -0.4 is 5.32 Å². The van der Waals surface area contributed by atoms with Crippen molar-refractivity contribution in [1.82, 2.24) is 5.32 Å². The second kappa shape index (κ2) is 6.37. The van der Waals surface area contributed by atoms with Gasteiger partial charge in [-0.25, -0.2) is 0 Å². The Morgan fingerprint density at radius 3 is 2.43 bits per heavy atom. The zero-order chi connectivity index (χ0) is 11.1. The van der Waals surface area contributed by atoms with E-state index in [0.717, 1.165) is 0 Å². The number of amides is 1. The van der Waals surface area contributed by atoms with E-state index in [9.17, 15) is 9.59 Å². The van der Waals surface area contributed by atoms with Crippen molar-refractivity contribution in [3.63, 3.8) is 0 Å². The lowest BCUT2D eigenvalue weighted by Crippen LogP contribution is -2.38. The topological polar surface area (TPSA) is 75.6 Å². The molecule has 1 amide bonds. The number of ether oxygens (including phenoxy) is 1. The van der Waals surface area contributed by atoms with Gasteiger partial charge in [0, 0.05) is 13.2 Å². The number of nitrogens with one attached hydrogen (secondary N) is 1. The Hall–Kier alpha value is -1.10. The highest BCUT2D eigenvalue weighted by Gasteiger charge is 2.15. The van der Waals surface area contributed by atoms with Crippen LogP contribution >= 0.6 is 0 Å². The molecule has 0 rings (SSSR count). The molecule has 0 radical (unpaired) electrons. The lowest BCUT2D eigenvalue weighted by atomic mass is 10.2. The smallest absolute Gasteiger partial charge is 0.308 e. The molecule has 0 saturated carbocycles. The number of carboxylic acids is 1. The first kappa shape index (κ1) is 12.9. The Balaban J connectivity index is 3.78. The molecular formula is C9H17NO4. The highest BCUT2D eigenvalue weighted by Crippen LogP contribution is 1.94. The molecule has 0 fully saturated rings. The van der Waals surface area contributed by atoms with Crippen LogP contribution in [0.2, 0.25) is 0 Å². The van der Waals surface area contributed by atoms with Crippen LogP contribution in [0.25, 0.3) is 0 Å². The fraction of sp³-hybridized carbons (Fsp3) is 0.778. The van der Waals surface area contributed by atoms with Crippen molar-refractivity contribution in [2.24, 2.45) is 5.92 Å². The summed E-state index contributed by atoms with van der Waals surface area (Å²) in [6.07, 6.45) is -0.527. The summed E-state index contributed by atoms with van der Waals surface area (Å²) < 4.78 is 5.04. The molecule has 0 aromatic carbocycles. The first-order valence-electron chi connectivity index (χ1n) is 4.61. The number of hydrogen-bond donors (Lipinski definition) is 2. The third-order valence-corrected chi connectivity index (χ3v) is 1.79. The Bertz CT molecular complexity index is 205. The molecule has 0 heterocycles. The van der Waals surface area contributed by atoms with Gasteiger partial charge in [0.15, 0.2) is 0 Å². The third-order valence-electron chi connectivity index (χ3n) is 1.79. The summed E-state index contributed by atoms with van der Waals surface area (Å²) in [5.41, 5.74) is 0. The Morgan fingerprint density at radius 1 is 1.43 bits per heavy atom. The quantitative estimate of drug-likeness (QED) is 0.648. The molecule has 0 bridgehead atoms. The molecule has 5 heteroatoms. The molecule has 0 aliphatic rings. The molecule has 2 N–H and O–H groups in total. The number of carbonyl (C=O) groups excluding carboxylic acids is 1. The Kier molecular flexibility index (Phi) is 5.87. The zero-order valence-electron chi connectivity index (χ0n) is 8.74. The first-order valence-corrected chi connectivity index (χ1v) is 4.61. The standard InChI is InChI=1S/C9H17NO4/c1-4-14-7(3)8(11)10-5-6(2)9(12)13/h6-7H,4-5H2,1-3H3,(H,10,11)(H,12,13). The molecule has 0 aromatic rings. The molecule has 0 spiro atoms. The van der Waals surface area contributed by atoms with Gasteiger partial charge in [0.25, 0.3) is 0 Å². The maximum Gasteiger partial charge on any atom is 0.308 e. The number of carbonyl (C=O) groups is 2. The number of aliphatic carboxylic acids is 1. The van der Waals surface area contributed by atoms with Gasteiger partial charge in [0.1, 0.15) is 6.10 Å². The van der Waals surface area contributed by atoms with Gasteiger partial charge in [-0.2, -0.15) is 0 Å². The molecule has 2 unspecified atom stereocenters. The summed E-state index contributed by atoms with van der Waals surface area (Å²) in [4.78, 5) is 21.7. The van der Waals surface area contributed by atoms with E-state index < -0.39 is 18.0 Å². The SMILES string of the molecule is CCOC(C)C(=O)NCC(C)C(=O)O. The summed E-state index contributed by atoms with van der Waals surface area (Å²) in [5.74, 6) is -1.78. The van der Waals surface area contributed by atoms with Gasteiger partial charge in [-0.1, -0.05) is 6.92 Å². The minimum absolute atomic E-state index is 0.131. The first-order chi connectivity index (χ1) is 6.49. The van der Waals surface area contributed by atoms with E-state index in [1.165, 1.54) is 6.92 Å². The van der Waals surface area contributed by atoms with Crippen LogP contribution in [0.5, 0.6) is 0 Å². The molecule has 0 aliphatic heterocycles. The van der Waals surface area contributed by atoms with E-state index in [1.807, 2.05) is 0 Å².